The molecule has 2 aromatic heterocycles. The SMILES string of the molecule is O=C(Nc1ccnnc1)c1nonc1[N+](=O)[O-]. The standard InChI is InChI=1S/C7H4N6O4/c14-7(10-4-1-2-8-9-3-4)5-6(13(15)16)12-17-11-5/h1-3H,(H,8,10,14). The maximum absolute atomic E-state index is 11.6. The molecule has 10 nitrogen and oxygen atoms in total. The van der Waals surface area contributed by atoms with Gasteiger partial charge in [0.15, 0.2) is 5.16 Å². The van der Waals surface area contributed by atoms with Crippen molar-refractivity contribution in [1.82, 2.24) is 20.5 Å². The molecule has 0 aliphatic rings. The van der Waals surface area contributed by atoms with Crippen LogP contribution in [0.25, 0.3) is 0 Å². The van der Waals surface area contributed by atoms with E-state index in [1.165, 1.54) is 18.5 Å². The van der Waals surface area contributed by atoms with Gasteiger partial charge in [-0.15, -0.1) is 4.63 Å². The zero-order chi connectivity index (χ0) is 12.3. The van der Waals surface area contributed by atoms with Crippen LogP contribution < -0.4 is 5.32 Å². The molecule has 17 heavy (non-hydrogen) atoms. The Balaban J connectivity index is 2.21. The van der Waals surface area contributed by atoms with Gasteiger partial charge in [-0.1, -0.05) is 0 Å². The smallest absolute Gasteiger partial charge is 0.358 e. The highest BCUT2D eigenvalue weighted by Gasteiger charge is 2.28. The quantitative estimate of drug-likeness (QED) is 0.581. The van der Waals surface area contributed by atoms with Gasteiger partial charge in [-0.3, -0.25) is 4.79 Å². The van der Waals surface area contributed by atoms with Crippen molar-refractivity contribution in [2.45, 2.75) is 0 Å². The van der Waals surface area contributed by atoms with Crippen LogP contribution in [0.15, 0.2) is 23.1 Å². The van der Waals surface area contributed by atoms with Gasteiger partial charge in [0.2, 0.25) is 0 Å². The van der Waals surface area contributed by atoms with E-state index < -0.39 is 22.3 Å². The fourth-order valence-corrected chi connectivity index (χ4v) is 1.00. The molecule has 0 unspecified atom stereocenters. The lowest BCUT2D eigenvalue weighted by Crippen LogP contribution is -2.14. The van der Waals surface area contributed by atoms with Gasteiger partial charge in [0.25, 0.3) is 11.6 Å². The molecule has 2 aromatic rings. The Morgan fingerprint density at radius 1 is 1.41 bits per heavy atom. The monoisotopic (exact) mass is 236 g/mol. The average Bonchev–Trinajstić information content (AvgIpc) is 2.79. The van der Waals surface area contributed by atoms with Crippen LogP contribution in [-0.4, -0.2) is 31.3 Å². The minimum Gasteiger partial charge on any atom is -0.358 e. The van der Waals surface area contributed by atoms with Gasteiger partial charge in [0.1, 0.15) is 0 Å². The summed E-state index contributed by atoms with van der Waals surface area (Å²) in [6.07, 6.45) is 2.63. The lowest BCUT2D eigenvalue weighted by atomic mass is 10.4. The summed E-state index contributed by atoms with van der Waals surface area (Å²) < 4.78 is 4.14. The molecule has 2 heterocycles. The minimum absolute atomic E-state index is 0.322. The Labute approximate surface area is 92.8 Å². The fourth-order valence-electron chi connectivity index (χ4n) is 1.00. The number of hydrogen-bond donors (Lipinski definition) is 1. The van der Waals surface area contributed by atoms with E-state index in [0.717, 1.165) is 0 Å². The molecule has 0 saturated heterocycles. The summed E-state index contributed by atoms with van der Waals surface area (Å²) in [6, 6.07) is 1.46. The number of nitrogens with zero attached hydrogens (tertiary/aromatic N) is 5. The maximum Gasteiger partial charge on any atom is 0.447 e. The Hall–Kier alpha value is -2.91. The number of amides is 1. The van der Waals surface area contributed by atoms with Crippen molar-refractivity contribution in [2.24, 2.45) is 0 Å². The number of rotatable bonds is 3. The summed E-state index contributed by atoms with van der Waals surface area (Å²) in [4.78, 5) is 21.2. The van der Waals surface area contributed by atoms with Crippen LogP contribution in [0.2, 0.25) is 0 Å². The summed E-state index contributed by atoms with van der Waals surface area (Å²) in [5, 5.41) is 26.0. The first-order valence-electron chi connectivity index (χ1n) is 4.23. The highest BCUT2D eigenvalue weighted by atomic mass is 16.6. The van der Waals surface area contributed by atoms with E-state index in [0.29, 0.717) is 5.69 Å². The van der Waals surface area contributed by atoms with Crippen LogP contribution in [0.1, 0.15) is 10.5 Å². The van der Waals surface area contributed by atoms with Gasteiger partial charge in [0.05, 0.1) is 18.1 Å². The third kappa shape index (κ3) is 2.19. The van der Waals surface area contributed by atoms with Crippen molar-refractivity contribution in [3.8, 4) is 0 Å². The lowest BCUT2D eigenvalue weighted by molar-refractivity contribution is -0.391. The first kappa shape index (κ1) is 10.6. The van der Waals surface area contributed by atoms with Crippen LogP contribution in [0.5, 0.6) is 0 Å². The molecular weight excluding hydrogens is 232 g/mol. The second kappa shape index (κ2) is 4.30. The van der Waals surface area contributed by atoms with Gasteiger partial charge in [-0.05, 0) is 16.1 Å². The number of aromatic nitrogens is 4. The predicted molar refractivity (Wildman–Crippen MR) is 50.9 cm³/mol. The molecule has 0 spiro atoms. The molecule has 0 aliphatic carbocycles. The topological polar surface area (TPSA) is 137 Å². The largest absolute Gasteiger partial charge is 0.447 e. The Bertz CT molecular complexity index is 553. The van der Waals surface area contributed by atoms with E-state index in [2.05, 4.69) is 30.5 Å². The second-order valence-corrected chi connectivity index (χ2v) is 2.78. The summed E-state index contributed by atoms with van der Waals surface area (Å²) in [7, 11) is 0. The van der Waals surface area contributed by atoms with Crippen molar-refractivity contribution < 1.29 is 14.3 Å². The molecule has 1 N–H and O–H groups in total. The van der Waals surface area contributed by atoms with E-state index in [1.807, 2.05) is 0 Å². The normalized spacial score (nSPS) is 9.88. The first-order valence-corrected chi connectivity index (χ1v) is 4.23. The number of nitro groups is 1. The van der Waals surface area contributed by atoms with Gasteiger partial charge in [-0.25, -0.2) is 0 Å². The summed E-state index contributed by atoms with van der Waals surface area (Å²) >= 11 is 0. The van der Waals surface area contributed by atoms with Gasteiger partial charge in [-0.2, -0.15) is 10.2 Å². The summed E-state index contributed by atoms with van der Waals surface area (Å²) in [5.74, 6) is -1.56. The van der Waals surface area contributed by atoms with E-state index in [-0.39, 0.29) is 0 Å². The average molecular weight is 236 g/mol. The zero-order valence-electron chi connectivity index (χ0n) is 8.10. The fraction of sp³-hybridized carbons (Fsp3) is 0. The molecular formula is C7H4N6O4. The number of anilines is 1. The van der Waals surface area contributed by atoms with E-state index in [4.69, 9.17) is 0 Å². The van der Waals surface area contributed by atoms with E-state index in [1.54, 1.807) is 0 Å². The lowest BCUT2D eigenvalue weighted by Gasteiger charge is -1.99. The molecule has 0 fully saturated rings. The number of nitrogens with one attached hydrogen (secondary N) is 1. The minimum atomic E-state index is -0.865. The maximum atomic E-state index is 11.6. The molecule has 0 saturated carbocycles. The van der Waals surface area contributed by atoms with Gasteiger partial charge in [0, 0.05) is 0 Å². The molecule has 0 atom stereocenters. The van der Waals surface area contributed by atoms with Crippen molar-refractivity contribution >= 4 is 17.4 Å². The summed E-state index contributed by atoms with van der Waals surface area (Å²) in [6.45, 7) is 0. The van der Waals surface area contributed by atoms with Gasteiger partial charge >= 0.3 is 5.82 Å². The third-order valence-electron chi connectivity index (χ3n) is 1.70. The van der Waals surface area contributed by atoms with Crippen LogP contribution in [0.4, 0.5) is 11.5 Å². The number of carbonyl (C=O) groups is 1. The van der Waals surface area contributed by atoms with Gasteiger partial charge < -0.3 is 15.4 Å². The second-order valence-electron chi connectivity index (χ2n) is 2.78. The van der Waals surface area contributed by atoms with Crippen LogP contribution in [0, 0.1) is 10.1 Å². The molecule has 10 heteroatoms. The molecule has 1 amide bonds. The zero-order valence-corrected chi connectivity index (χ0v) is 8.10. The van der Waals surface area contributed by atoms with Crippen LogP contribution >= 0.6 is 0 Å². The van der Waals surface area contributed by atoms with Crippen molar-refractivity contribution in [2.75, 3.05) is 5.32 Å². The molecule has 0 aliphatic heterocycles. The van der Waals surface area contributed by atoms with Crippen molar-refractivity contribution in [3.63, 3.8) is 0 Å². The number of carbonyl (C=O) groups excluding carboxylic acids is 1. The highest BCUT2D eigenvalue weighted by molar-refractivity contribution is 6.04. The molecule has 0 aromatic carbocycles. The molecule has 2 rings (SSSR count). The molecule has 86 valence electrons. The Morgan fingerprint density at radius 2 is 2.24 bits per heavy atom. The summed E-state index contributed by atoms with van der Waals surface area (Å²) in [5.41, 5.74) is -0.186. The molecule has 0 bridgehead atoms. The molecule has 0 radical (unpaired) electrons. The Morgan fingerprint density at radius 3 is 2.88 bits per heavy atom. The van der Waals surface area contributed by atoms with Crippen LogP contribution in [-0.2, 0) is 0 Å². The van der Waals surface area contributed by atoms with E-state index >= 15 is 0 Å². The third-order valence-corrected chi connectivity index (χ3v) is 1.70. The highest BCUT2D eigenvalue weighted by Crippen LogP contribution is 2.14. The first-order chi connectivity index (χ1) is 8.18. The predicted octanol–water partition coefficient (Wildman–Crippen LogP) is 0.0201. The van der Waals surface area contributed by atoms with Crippen LogP contribution in [0.3, 0.4) is 0 Å². The number of hydrogen-bond acceptors (Lipinski definition) is 8. The van der Waals surface area contributed by atoms with Crippen molar-refractivity contribution in [1.29, 1.82) is 0 Å². The van der Waals surface area contributed by atoms with Crippen molar-refractivity contribution in [3.05, 3.63) is 34.3 Å². The van der Waals surface area contributed by atoms with E-state index in [9.17, 15) is 14.9 Å². The Kier molecular flexibility index (Phi) is 2.68.